The van der Waals surface area contributed by atoms with Crippen LogP contribution in [-0.4, -0.2) is 77.9 Å². The summed E-state index contributed by atoms with van der Waals surface area (Å²) >= 11 is 0. The maximum absolute atomic E-state index is 12.6. The molecule has 2 rings (SSSR count). The van der Waals surface area contributed by atoms with E-state index < -0.39 is 6.04 Å². The van der Waals surface area contributed by atoms with Gasteiger partial charge >= 0.3 is 0 Å². The van der Waals surface area contributed by atoms with Crippen LogP contribution in [0.3, 0.4) is 0 Å². The first-order valence-corrected chi connectivity index (χ1v) is 9.53. The van der Waals surface area contributed by atoms with Gasteiger partial charge in [-0.1, -0.05) is 20.3 Å². The van der Waals surface area contributed by atoms with E-state index in [0.717, 1.165) is 45.4 Å². The molecule has 138 valence electrons. The van der Waals surface area contributed by atoms with Gasteiger partial charge in [-0.15, -0.1) is 0 Å². The Morgan fingerprint density at radius 1 is 0.875 bits per heavy atom. The fraction of sp³-hybridized carbons (Fsp3) is 0.889. The Hall–Kier alpha value is -1.14. The molecule has 0 spiro atoms. The fourth-order valence-corrected chi connectivity index (χ4v) is 3.57. The summed E-state index contributed by atoms with van der Waals surface area (Å²) in [5, 5.41) is 0. The number of piperidine rings is 1. The Labute approximate surface area is 146 Å². The Morgan fingerprint density at radius 2 is 1.42 bits per heavy atom. The number of nitrogens with zero attached hydrogens (tertiary/aromatic N) is 3. The van der Waals surface area contributed by atoms with Crippen LogP contribution in [-0.2, 0) is 9.59 Å². The lowest BCUT2D eigenvalue weighted by atomic mass is 9.98. The number of rotatable bonds is 5. The van der Waals surface area contributed by atoms with Crippen molar-refractivity contribution in [2.24, 2.45) is 11.7 Å². The van der Waals surface area contributed by atoms with Gasteiger partial charge in [0.1, 0.15) is 0 Å². The van der Waals surface area contributed by atoms with Crippen LogP contribution in [0.15, 0.2) is 0 Å². The van der Waals surface area contributed by atoms with Crippen LogP contribution in [0, 0.1) is 5.92 Å². The molecule has 0 aliphatic carbocycles. The molecule has 0 aromatic heterocycles. The zero-order valence-electron chi connectivity index (χ0n) is 15.5. The van der Waals surface area contributed by atoms with E-state index in [2.05, 4.69) is 11.8 Å². The zero-order valence-corrected chi connectivity index (χ0v) is 15.5. The molecule has 2 N–H and O–H groups in total. The number of likely N-dealkylation sites (tertiary alicyclic amines) is 1. The van der Waals surface area contributed by atoms with Crippen molar-refractivity contribution in [3.63, 3.8) is 0 Å². The molecule has 0 bridgehead atoms. The smallest absolute Gasteiger partial charge is 0.239 e. The molecule has 2 heterocycles. The molecule has 2 aliphatic heterocycles. The summed E-state index contributed by atoms with van der Waals surface area (Å²) in [5.41, 5.74) is 6.08. The summed E-state index contributed by atoms with van der Waals surface area (Å²) in [6, 6.07) is -0.502. The monoisotopic (exact) mass is 338 g/mol. The van der Waals surface area contributed by atoms with Gasteiger partial charge in [0.2, 0.25) is 11.8 Å². The van der Waals surface area contributed by atoms with Crippen LogP contribution in [0.4, 0.5) is 0 Å². The third kappa shape index (κ3) is 4.48. The van der Waals surface area contributed by atoms with E-state index in [1.165, 1.54) is 6.42 Å². The SMILES string of the molecule is CCC(C)C(N)C(=O)N1CCN(C(C)C(=O)N2CCCCC2)CC1. The highest BCUT2D eigenvalue weighted by molar-refractivity contribution is 5.83. The summed E-state index contributed by atoms with van der Waals surface area (Å²) in [7, 11) is 0. The third-order valence-electron chi connectivity index (χ3n) is 5.74. The van der Waals surface area contributed by atoms with Crippen molar-refractivity contribution in [3.8, 4) is 0 Å². The molecule has 6 heteroatoms. The summed E-state index contributed by atoms with van der Waals surface area (Å²) in [4.78, 5) is 31.2. The fourth-order valence-electron chi connectivity index (χ4n) is 3.57. The molecule has 2 aliphatic rings. The van der Waals surface area contributed by atoms with Gasteiger partial charge in [0, 0.05) is 39.3 Å². The van der Waals surface area contributed by atoms with Gasteiger partial charge in [-0.2, -0.15) is 0 Å². The molecular weight excluding hydrogens is 304 g/mol. The minimum Gasteiger partial charge on any atom is -0.341 e. The molecule has 0 aromatic rings. The first-order valence-electron chi connectivity index (χ1n) is 9.53. The average Bonchev–Trinajstić information content (AvgIpc) is 2.65. The van der Waals surface area contributed by atoms with Crippen LogP contribution in [0.1, 0.15) is 46.5 Å². The van der Waals surface area contributed by atoms with Crippen molar-refractivity contribution in [1.29, 1.82) is 0 Å². The van der Waals surface area contributed by atoms with E-state index in [0.29, 0.717) is 13.1 Å². The number of nitrogens with two attached hydrogens (primary N) is 1. The van der Waals surface area contributed by atoms with Gasteiger partial charge in [-0.05, 0) is 32.1 Å². The molecule has 2 fully saturated rings. The lowest BCUT2D eigenvalue weighted by Crippen LogP contribution is -2.58. The Balaban J connectivity index is 1.83. The topological polar surface area (TPSA) is 69.9 Å². The minimum absolute atomic E-state index is 0.0546. The number of piperazine rings is 1. The van der Waals surface area contributed by atoms with Crippen molar-refractivity contribution in [3.05, 3.63) is 0 Å². The normalized spacial score (nSPS) is 23.7. The summed E-state index contributed by atoms with van der Waals surface area (Å²) in [6.07, 6.45) is 4.38. The lowest BCUT2D eigenvalue weighted by Gasteiger charge is -2.40. The molecule has 3 unspecified atom stereocenters. The van der Waals surface area contributed by atoms with Crippen LogP contribution >= 0.6 is 0 Å². The number of carbonyl (C=O) groups is 2. The van der Waals surface area contributed by atoms with Gasteiger partial charge in [-0.3, -0.25) is 14.5 Å². The van der Waals surface area contributed by atoms with Gasteiger partial charge < -0.3 is 15.5 Å². The second-order valence-electron chi connectivity index (χ2n) is 7.33. The minimum atomic E-state index is -0.408. The van der Waals surface area contributed by atoms with Crippen LogP contribution in [0.25, 0.3) is 0 Å². The van der Waals surface area contributed by atoms with Crippen molar-refractivity contribution in [2.45, 2.75) is 58.5 Å². The van der Waals surface area contributed by atoms with Crippen molar-refractivity contribution >= 4 is 11.8 Å². The molecule has 0 radical (unpaired) electrons. The highest BCUT2D eigenvalue weighted by atomic mass is 16.2. The molecular formula is C18H34N4O2. The second kappa shape index (κ2) is 8.81. The molecule has 6 nitrogen and oxygen atoms in total. The first kappa shape index (κ1) is 19.2. The lowest BCUT2D eigenvalue weighted by molar-refractivity contribution is -0.140. The second-order valence-corrected chi connectivity index (χ2v) is 7.33. The van der Waals surface area contributed by atoms with Crippen molar-refractivity contribution in [1.82, 2.24) is 14.7 Å². The Bertz CT molecular complexity index is 429. The maximum atomic E-state index is 12.6. The van der Waals surface area contributed by atoms with Gasteiger partial charge in [0.05, 0.1) is 12.1 Å². The van der Waals surface area contributed by atoms with Crippen LogP contribution in [0.2, 0.25) is 0 Å². The van der Waals surface area contributed by atoms with E-state index in [9.17, 15) is 9.59 Å². The standard InChI is InChI=1S/C18H34N4O2/c1-4-14(2)16(19)18(24)22-12-10-20(11-13-22)15(3)17(23)21-8-6-5-7-9-21/h14-16H,4-13,19H2,1-3H3. The number of hydrogen-bond acceptors (Lipinski definition) is 4. The predicted octanol–water partition coefficient (Wildman–Crippen LogP) is 0.905. The maximum Gasteiger partial charge on any atom is 0.239 e. The summed E-state index contributed by atoms with van der Waals surface area (Å²) < 4.78 is 0. The first-order chi connectivity index (χ1) is 11.5. The summed E-state index contributed by atoms with van der Waals surface area (Å²) in [5.74, 6) is 0.500. The molecule has 3 atom stereocenters. The third-order valence-corrected chi connectivity index (χ3v) is 5.74. The van der Waals surface area contributed by atoms with E-state index in [-0.39, 0.29) is 23.8 Å². The highest BCUT2D eigenvalue weighted by Crippen LogP contribution is 2.15. The molecule has 24 heavy (non-hydrogen) atoms. The van der Waals surface area contributed by atoms with Gasteiger partial charge in [0.25, 0.3) is 0 Å². The van der Waals surface area contributed by atoms with E-state index in [1.54, 1.807) is 0 Å². The zero-order chi connectivity index (χ0) is 17.7. The number of hydrogen-bond donors (Lipinski definition) is 1. The quantitative estimate of drug-likeness (QED) is 0.809. The molecule has 0 aromatic carbocycles. The van der Waals surface area contributed by atoms with Crippen LogP contribution in [0.5, 0.6) is 0 Å². The van der Waals surface area contributed by atoms with Crippen molar-refractivity contribution < 1.29 is 9.59 Å². The Morgan fingerprint density at radius 3 is 1.96 bits per heavy atom. The predicted molar refractivity (Wildman–Crippen MR) is 95.5 cm³/mol. The van der Waals surface area contributed by atoms with Gasteiger partial charge in [-0.25, -0.2) is 0 Å². The molecule has 2 saturated heterocycles. The largest absolute Gasteiger partial charge is 0.341 e. The molecule has 0 saturated carbocycles. The highest BCUT2D eigenvalue weighted by Gasteiger charge is 2.32. The van der Waals surface area contributed by atoms with E-state index >= 15 is 0 Å². The van der Waals surface area contributed by atoms with E-state index in [1.807, 2.05) is 23.6 Å². The van der Waals surface area contributed by atoms with Crippen molar-refractivity contribution in [2.75, 3.05) is 39.3 Å². The Kier molecular flexibility index (Phi) is 7.04. The van der Waals surface area contributed by atoms with E-state index in [4.69, 9.17) is 5.73 Å². The van der Waals surface area contributed by atoms with Crippen LogP contribution < -0.4 is 5.73 Å². The average molecular weight is 338 g/mol. The summed E-state index contributed by atoms with van der Waals surface area (Å²) in [6.45, 7) is 10.7. The number of carbonyl (C=O) groups excluding carboxylic acids is 2. The van der Waals surface area contributed by atoms with Gasteiger partial charge in [0.15, 0.2) is 0 Å². The molecule has 2 amide bonds. The number of amides is 2.